The molecule has 2 rings (SSSR count). The van der Waals surface area contributed by atoms with Crippen molar-refractivity contribution in [2.45, 2.75) is 58.3 Å². The summed E-state index contributed by atoms with van der Waals surface area (Å²) in [5.41, 5.74) is 1.33. The third-order valence-corrected chi connectivity index (χ3v) is 5.18. The van der Waals surface area contributed by atoms with Gasteiger partial charge in [0.1, 0.15) is 11.5 Å². The molecule has 0 radical (unpaired) electrons. The molecule has 0 N–H and O–H groups in total. The first-order valence-electron chi connectivity index (χ1n) is 10.9. The van der Waals surface area contributed by atoms with Crippen molar-refractivity contribution < 1.29 is 14.3 Å². The molecule has 0 aliphatic rings. The highest BCUT2D eigenvalue weighted by Gasteiger charge is 2.09. The molecule has 0 unspecified atom stereocenters. The zero-order valence-electron chi connectivity index (χ0n) is 17.6. The van der Waals surface area contributed by atoms with Crippen molar-refractivity contribution in [1.82, 2.24) is 0 Å². The van der Waals surface area contributed by atoms with E-state index in [1.165, 1.54) is 44.9 Å². The number of benzene rings is 2. The number of hydrogen-bond acceptors (Lipinski definition) is 4. The van der Waals surface area contributed by atoms with Crippen LogP contribution in [0.25, 0.3) is 0 Å². The second-order valence-electron chi connectivity index (χ2n) is 7.21. The van der Waals surface area contributed by atoms with E-state index in [-0.39, 0.29) is 5.78 Å². The predicted molar refractivity (Wildman–Crippen MR) is 124 cm³/mol. The zero-order valence-corrected chi connectivity index (χ0v) is 18.5. The SMILES string of the molecule is CCOc1ccc(C(=O)c2ccc(OCCCCCCCCCCS)cc2)cc1. The van der Waals surface area contributed by atoms with Crippen LogP contribution in [0.3, 0.4) is 0 Å². The maximum absolute atomic E-state index is 12.6. The Morgan fingerprint density at radius 2 is 1.14 bits per heavy atom. The molecule has 0 saturated carbocycles. The molecule has 0 spiro atoms. The van der Waals surface area contributed by atoms with E-state index in [9.17, 15) is 4.79 Å². The lowest BCUT2D eigenvalue weighted by Crippen LogP contribution is -2.02. The lowest BCUT2D eigenvalue weighted by molar-refractivity contribution is 0.103. The van der Waals surface area contributed by atoms with Gasteiger partial charge in [-0.15, -0.1) is 0 Å². The summed E-state index contributed by atoms with van der Waals surface area (Å²) < 4.78 is 11.2. The number of unbranched alkanes of at least 4 members (excludes halogenated alkanes) is 7. The minimum atomic E-state index is 0.00830. The van der Waals surface area contributed by atoms with E-state index in [1.807, 2.05) is 43.3 Å². The van der Waals surface area contributed by atoms with Gasteiger partial charge < -0.3 is 9.47 Å². The Bertz CT molecular complexity index is 695. The maximum Gasteiger partial charge on any atom is 0.193 e. The maximum atomic E-state index is 12.6. The van der Waals surface area contributed by atoms with E-state index in [0.29, 0.717) is 17.7 Å². The largest absolute Gasteiger partial charge is 0.494 e. The molecule has 2 aromatic carbocycles. The van der Waals surface area contributed by atoms with Crippen LogP contribution in [0.4, 0.5) is 0 Å². The van der Waals surface area contributed by atoms with E-state index >= 15 is 0 Å². The summed E-state index contributed by atoms with van der Waals surface area (Å²) >= 11 is 4.24. The van der Waals surface area contributed by atoms with Crippen LogP contribution in [0.2, 0.25) is 0 Å². The Balaban J connectivity index is 1.66. The fourth-order valence-corrected chi connectivity index (χ4v) is 3.43. The van der Waals surface area contributed by atoms with E-state index in [4.69, 9.17) is 9.47 Å². The van der Waals surface area contributed by atoms with Gasteiger partial charge in [0.15, 0.2) is 5.78 Å². The van der Waals surface area contributed by atoms with Crippen molar-refractivity contribution in [2.24, 2.45) is 0 Å². The van der Waals surface area contributed by atoms with E-state index in [1.54, 1.807) is 12.1 Å². The number of carbonyl (C=O) groups is 1. The van der Waals surface area contributed by atoms with Crippen LogP contribution in [0, 0.1) is 0 Å². The molecule has 29 heavy (non-hydrogen) atoms. The molecule has 0 fully saturated rings. The third-order valence-electron chi connectivity index (χ3n) is 4.87. The minimum absolute atomic E-state index is 0.00830. The quantitative estimate of drug-likeness (QED) is 0.199. The third kappa shape index (κ3) is 8.95. The van der Waals surface area contributed by atoms with E-state index < -0.39 is 0 Å². The zero-order chi connectivity index (χ0) is 20.7. The van der Waals surface area contributed by atoms with Crippen molar-refractivity contribution >= 4 is 18.4 Å². The molecule has 0 aliphatic carbocycles. The molecular weight excluding hydrogens is 380 g/mol. The van der Waals surface area contributed by atoms with Crippen molar-refractivity contribution in [3.8, 4) is 11.5 Å². The van der Waals surface area contributed by atoms with Crippen LogP contribution in [0.15, 0.2) is 48.5 Å². The number of hydrogen-bond donors (Lipinski definition) is 1. The van der Waals surface area contributed by atoms with Crippen LogP contribution in [-0.2, 0) is 0 Å². The van der Waals surface area contributed by atoms with Gasteiger partial charge >= 0.3 is 0 Å². The van der Waals surface area contributed by atoms with Gasteiger partial charge in [-0.1, -0.05) is 38.5 Å². The molecule has 0 atom stereocenters. The van der Waals surface area contributed by atoms with Gasteiger partial charge in [0.2, 0.25) is 0 Å². The molecule has 0 aromatic heterocycles. The van der Waals surface area contributed by atoms with Crippen LogP contribution in [0.5, 0.6) is 11.5 Å². The molecule has 0 amide bonds. The summed E-state index contributed by atoms with van der Waals surface area (Å²) in [7, 11) is 0. The molecule has 3 nitrogen and oxygen atoms in total. The lowest BCUT2D eigenvalue weighted by Gasteiger charge is -2.08. The van der Waals surface area contributed by atoms with Gasteiger partial charge in [-0.25, -0.2) is 0 Å². The first-order valence-corrected chi connectivity index (χ1v) is 11.5. The Labute approximate surface area is 181 Å². The monoisotopic (exact) mass is 414 g/mol. The second kappa shape index (κ2) is 14.1. The van der Waals surface area contributed by atoms with Crippen LogP contribution >= 0.6 is 12.6 Å². The smallest absolute Gasteiger partial charge is 0.193 e. The highest BCUT2D eigenvalue weighted by Crippen LogP contribution is 2.18. The summed E-state index contributed by atoms with van der Waals surface area (Å²) in [6, 6.07) is 14.7. The van der Waals surface area contributed by atoms with Gasteiger partial charge in [-0.3, -0.25) is 4.79 Å². The van der Waals surface area contributed by atoms with Gasteiger partial charge in [-0.2, -0.15) is 12.6 Å². The number of ketones is 1. The molecule has 4 heteroatoms. The second-order valence-corrected chi connectivity index (χ2v) is 7.66. The van der Waals surface area contributed by atoms with Gasteiger partial charge in [-0.05, 0) is 74.0 Å². The topological polar surface area (TPSA) is 35.5 Å². The summed E-state index contributed by atoms with van der Waals surface area (Å²) in [5.74, 6) is 2.61. The average Bonchev–Trinajstić information content (AvgIpc) is 2.76. The van der Waals surface area contributed by atoms with Crippen molar-refractivity contribution in [2.75, 3.05) is 19.0 Å². The van der Waals surface area contributed by atoms with Crippen molar-refractivity contribution in [3.05, 3.63) is 59.7 Å². The molecule has 2 aromatic rings. The highest BCUT2D eigenvalue weighted by molar-refractivity contribution is 7.80. The highest BCUT2D eigenvalue weighted by atomic mass is 32.1. The standard InChI is InChI=1S/C25H34O3S/c1-2-27-23-15-11-21(12-16-23)25(26)22-13-17-24(18-14-22)28-19-9-7-5-3-4-6-8-10-20-29/h11-18,29H,2-10,19-20H2,1H3. The Morgan fingerprint density at radius 1 is 0.690 bits per heavy atom. The fourth-order valence-electron chi connectivity index (χ4n) is 3.20. The fraction of sp³-hybridized carbons (Fsp3) is 0.480. The minimum Gasteiger partial charge on any atom is -0.494 e. The Morgan fingerprint density at radius 3 is 1.62 bits per heavy atom. The molecule has 0 aliphatic heterocycles. The Kier molecular flexibility index (Phi) is 11.4. The predicted octanol–water partition coefficient (Wildman–Crippen LogP) is 6.75. The summed E-state index contributed by atoms with van der Waals surface area (Å²) in [5, 5.41) is 0. The first-order chi connectivity index (χ1) is 14.2. The van der Waals surface area contributed by atoms with E-state index in [0.717, 1.165) is 30.3 Å². The molecule has 0 heterocycles. The Hall–Kier alpha value is -1.94. The number of thiol groups is 1. The van der Waals surface area contributed by atoms with Gasteiger partial charge in [0.25, 0.3) is 0 Å². The average molecular weight is 415 g/mol. The van der Waals surface area contributed by atoms with Crippen molar-refractivity contribution in [3.63, 3.8) is 0 Å². The molecule has 0 saturated heterocycles. The number of carbonyl (C=O) groups excluding carboxylic acids is 1. The molecule has 158 valence electrons. The van der Waals surface area contributed by atoms with E-state index in [2.05, 4.69) is 12.6 Å². The molecular formula is C25H34O3S. The van der Waals surface area contributed by atoms with Gasteiger partial charge in [0, 0.05) is 11.1 Å². The summed E-state index contributed by atoms with van der Waals surface area (Å²) in [6.45, 7) is 3.29. The summed E-state index contributed by atoms with van der Waals surface area (Å²) in [4.78, 5) is 12.6. The number of ether oxygens (including phenoxy) is 2. The van der Waals surface area contributed by atoms with Crippen molar-refractivity contribution in [1.29, 1.82) is 0 Å². The van der Waals surface area contributed by atoms with Gasteiger partial charge in [0.05, 0.1) is 13.2 Å². The normalized spacial score (nSPS) is 10.7. The first kappa shape index (κ1) is 23.3. The van der Waals surface area contributed by atoms with Crippen LogP contribution < -0.4 is 9.47 Å². The lowest BCUT2D eigenvalue weighted by atomic mass is 10.0. The molecule has 0 bridgehead atoms. The summed E-state index contributed by atoms with van der Waals surface area (Å²) in [6.07, 6.45) is 10.1. The van der Waals surface area contributed by atoms with Crippen LogP contribution in [-0.4, -0.2) is 24.7 Å². The van der Waals surface area contributed by atoms with Crippen LogP contribution in [0.1, 0.15) is 74.2 Å². The number of rotatable bonds is 15.